The van der Waals surface area contributed by atoms with Gasteiger partial charge in [0.05, 0.1) is 34.9 Å². The number of carbonyl (C=O) groups excluding carboxylic acids is 1. The summed E-state index contributed by atoms with van der Waals surface area (Å²) in [5.41, 5.74) is 1.02. The van der Waals surface area contributed by atoms with Crippen LogP contribution in [0.3, 0.4) is 0 Å². The van der Waals surface area contributed by atoms with Crippen LogP contribution in [0, 0.1) is 10.5 Å². The van der Waals surface area contributed by atoms with Crippen molar-refractivity contribution in [1.82, 2.24) is 9.66 Å². The summed E-state index contributed by atoms with van der Waals surface area (Å²) in [4.78, 5) is 29.0. The Balaban J connectivity index is 1.99. The van der Waals surface area contributed by atoms with Crippen LogP contribution < -0.4 is 15.0 Å². The van der Waals surface area contributed by atoms with Crippen LogP contribution in [-0.2, 0) is 9.53 Å². The van der Waals surface area contributed by atoms with Crippen LogP contribution in [-0.4, -0.2) is 42.2 Å². The predicted octanol–water partition coefficient (Wildman–Crippen LogP) is 3.90. The summed E-state index contributed by atoms with van der Waals surface area (Å²) >= 11 is 5.46. The number of nitrogens with zero attached hydrogens (tertiary/aromatic N) is 3. The van der Waals surface area contributed by atoms with E-state index in [0.717, 1.165) is 4.47 Å². The number of hydrogen-bond acceptors (Lipinski definition) is 7. The third-order valence-electron chi connectivity index (χ3n) is 4.37. The number of aromatic nitrogens is 2. The van der Waals surface area contributed by atoms with Crippen LogP contribution in [0.5, 0.6) is 11.5 Å². The number of esters is 1. The second-order valence-corrected chi connectivity index (χ2v) is 8.58. The molecule has 3 rings (SSSR count). The molecule has 162 valence electrons. The fraction of sp³-hybridized carbons (Fsp3) is 0.238. The standard InChI is InChI=1S/C21H19BrIN3O5/c1-11(21(28)30-4)31-19-16(23)7-13(8-18(19)29-3)10-24-26-12(2)25-17-6-5-14(22)9-15(17)20(26)27/h5-11H,1-4H3/t11-/m1/s1. The number of rotatable bonds is 6. The van der Waals surface area contributed by atoms with E-state index in [1.165, 1.54) is 25.1 Å². The van der Waals surface area contributed by atoms with Gasteiger partial charge in [-0.15, -0.1) is 0 Å². The second kappa shape index (κ2) is 9.77. The minimum Gasteiger partial charge on any atom is -0.493 e. The van der Waals surface area contributed by atoms with E-state index in [1.807, 2.05) is 6.07 Å². The third kappa shape index (κ3) is 5.06. The SMILES string of the molecule is COC(=O)[C@@H](C)Oc1c(I)cc(C=Nn2c(C)nc3ccc(Br)cc3c2=O)cc1OC. The van der Waals surface area contributed by atoms with Gasteiger partial charge in [0.15, 0.2) is 17.6 Å². The van der Waals surface area contributed by atoms with Gasteiger partial charge in [-0.25, -0.2) is 9.78 Å². The number of fused-ring (bicyclic) bond motifs is 1. The fourth-order valence-corrected chi connectivity index (χ4v) is 3.95. The van der Waals surface area contributed by atoms with Gasteiger partial charge in [0.25, 0.3) is 5.56 Å². The predicted molar refractivity (Wildman–Crippen MR) is 129 cm³/mol. The number of hydrogen-bond donors (Lipinski definition) is 0. The number of halogens is 2. The Kier molecular flexibility index (Phi) is 7.31. The molecular formula is C21H19BrIN3O5. The number of ether oxygens (including phenoxy) is 3. The van der Waals surface area contributed by atoms with Crippen LogP contribution in [0.1, 0.15) is 18.3 Å². The number of benzene rings is 2. The molecule has 0 fully saturated rings. The Bertz CT molecular complexity index is 1240. The van der Waals surface area contributed by atoms with Crippen LogP contribution in [0.4, 0.5) is 0 Å². The van der Waals surface area contributed by atoms with Gasteiger partial charge in [-0.05, 0) is 72.3 Å². The fourth-order valence-electron chi connectivity index (χ4n) is 2.84. The largest absolute Gasteiger partial charge is 0.493 e. The lowest BCUT2D eigenvalue weighted by Gasteiger charge is -2.17. The van der Waals surface area contributed by atoms with Crippen molar-refractivity contribution < 1.29 is 19.0 Å². The molecule has 8 nitrogen and oxygen atoms in total. The minimum atomic E-state index is -0.795. The summed E-state index contributed by atoms with van der Waals surface area (Å²) in [6.07, 6.45) is 0.745. The van der Waals surface area contributed by atoms with E-state index in [4.69, 9.17) is 14.2 Å². The van der Waals surface area contributed by atoms with Gasteiger partial charge in [0.2, 0.25) is 0 Å². The lowest BCUT2D eigenvalue weighted by atomic mass is 10.2. The van der Waals surface area contributed by atoms with Crippen molar-refractivity contribution in [3.05, 3.63) is 60.1 Å². The van der Waals surface area contributed by atoms with E-state index in [2.05, 4.69) is 48.6 Å². The second-order valence-electron chi connectivity index (χ2n) is 6.50. The zero-order chi connectivity index (χ0) is 22.7. The molecule has 0 unspecified atom stereocenters. The van der Waals surface area contributed by atoms with Gasteiger partial charge in [-0.1, -0.05) is 15.9 Å². The maximum atomic E-state index is 12.9. The van der Waals surface area contributed by atoms with Gasteiger partial charge in [0, 0.05) is 4.47 Å². The Hall–Kier alpha value is -2.47. The molecule has 0 N–H and O–H groups in total. The van der Waals surface area contributed by atoms with Crippen LogP contribution in [0.2, 0.25) is 0 Å². The average molecular weight is 600 g/mol. The van der Waals surface area contributed by atoms with Crippen LogP contribution in [0.15, 0.2) is 44.7 Å². The molecule has 10 heteroatoms. The van der Waals surface area contributed by atoms with E-state index < -0.39 is 12.1 Å². The first kappa shape index (κ1) is 23.2. The molecule has 31 heavy (non-hydrogen) atoms. The summed E-state index contributed by atoms with van der Waals surface area (Å²) in [6.45, 7) is 3.31. The van der Waals surface area contributed by atoms with E-state index >= 15 is 0 Å². The van der Waals surface area contributed by atoms with E-state index in [9.17, 15) is 9.59 Å². The van der Waals surface area contributed by atoms with Crippen molar-refractivity contribution in [2.24, 2.45) is 5.10 Å². The molecule has 0 spiro atoms. The summed E-state index contributed by atoms with van der Waals surface area (Å²) in [5.74, 6) is 0.816. The third-order valence-corrected chi connectivity index (χ3v) is 5.67. The first-order chi connectivity index (χ1) is 14.7. The van der Waals surface area contributed by atoms with E-state index in [-0.39, 0.29) is 5.56 Å². The van der Waals surface area contributed by atoms with Gasteiger partial charge >= 0.3 is 5.97 Å². The molecule has 2 aromatic carbocycles. The van der Waals surface area contributed by atoms with Crippen molar-refractivity contribution in [2.45, 2.75) is 20.0 Å². The maximum absolute atomic E-state index is 12.9. The Morgan fingerprint density at radius 3 is 2.71 bits per heavy atom. The zero-order valence-electron chi connectivity index (χ0n) is 17.2. The van der Waals surface area contributed by atoms with Crippen LogP contribution >= 0.6 is 38.5 Å². The Morgan fingerprint density at radius 1 is 1.29 bits per heavy atom. The summed E-state index contributed by atoms with van der Waals surface area (Å²) in [6, 6.07) is 8.84. The molecular weight excluding hydrogens is 581 g/mol. The lowest BCUT2D eigenvalue weighted by Crippen LogP contribution is -2.25. The monoisotopic (exact) mass is 599 g/mol. The topological polar surface area (TPSA) is 92.0 Å². The van der Waals surface area contributed by atoms with Crippen LogP contribution in [0.25, 0.3) is 10.9 Å². The van der Waals surface area contributed by atoms with Gasteiger partial charge in [-0.2, -0.15) is 9.78 Å². The van der Waals surface area contributed by atoms with Gasteiger partial charge < -0.3 is 14.2 Å². The Labute approximate surface area is 200 Å². The summed E-state index contributed by atoms with van der Waals surface area (Å²) in [7, 11) is 2.80. The molecule has 0 radical (unpaired) electrons. The summed E-state index contributed by atoms with van der Waals surface area (Å²) in [5, 5.41) is 4.79. The number of carbonyl (C=O) groups is 1. The van der Waals surface area contributed by atoms with Crippen molar-refractivity contribution in [2.75, 3.05) is 14.2 Å². The average Bonchev–Trinajstić information content (AvgIpc) is 2.74. The highest BCUT2D eigenvalue weighted by atomic mass is 127. The first-order valence-corrected chi connectivity index (χ1v) is 11.0. The molecule has 0 bridgehead atoms. The van der Waals surface area contributed by atoms with E-state index in [0.29, 0.717) is 37.4 Å². The van der Waals surface area contributed by atoms with Crippen molar-refractivity contribution >= 4 is 61.6 Å². The zero-order valence-corrected chi connectivity index (χ0v) is 20.9. The van der Waals surface area contributed by atoms with Crippen molar-refractivity contribution in [3.8, 4) is 11.5 Å². The minimum absolute atomic E-state index is 0.270. The lowest BCUT2D eigenvalue weighted by molar-refractivity contribution is -0.147. The summed E-state index contributed by atoms with van der Waals surface area (Å²) < 4.78 is 18.6. The van der Waals surface area contributed by atoms with Crippen molar-refractivity contribution in [1.29, 1.82) is 0 Å². The molecule has 0 aliphatic carbocycles. The highest BCUT2D eigenvalue weighted by Crippen LogP contribution is 2.34. The number of aryl methyl sites for hydroxylation is 1. The normalized spacial score (nSPS) is 12.2. The number of methoxy groups -OCH3 is 2. The molecule has 0 aliphatic heterocycles. The molecule has 0 saturated carbocycles. The smallest absolute Gasteiger partial charge is 0.346 e. The molecule has 0 amide bonds. The maximum Gasteiger partial charge on any atom is 0.346 e. The van der Waals surface area contributed by atoms with E-state index in [1.54, 1.807) is 38.1 Å². The molecule has 1 atom stereocenters. The Morgan fingerprint density at radius 2 is 2.03 bits per heavy atom. The first-order valence-electron chi connectivity index (χ1n) is 9.10. The molecule has 0 aliphatic rings. The molecule has 1 heterocycles. The quantitative estimate of drug-likeness (QED) is 0.242. The highest BCUT2D eigenvalue weighted by molar-refractivity contribution is 14.1. The molecule has 1 aromatic heterocycles. The van der Waals surface area contributed by atoms with Gasteiger partial charge in [-0.3, -0.25) is 4.79 Å². The highest BCUT2D eigenvalue weighted by Gasteiger charge is 2.20. The van der Waals surface area contributed by atoms with Gasteiger partial charge in [0.1, 0.15) is 5.82 Å². The molecule has 0 saturated heterocycles. The molecule has 3 aromatic rings. The van der Waals surface area contributed by atoms with Crippen molar-refractivity contribution in [3.63, 3.8) is 0 Å².